The van der Waals surface area contributed by atoms with Crippen LogP contribution in [0.3, 0.4) is 0 Å². The Morgan fingerprint density at radius 1 is 1.25 bits per heavy atom. The summed E-state index contributed by atoms with van der Waals surface area (Å²) in [5, 5.41) is 3.76. The average molecular weight is 275 g/mol. The summed E-state index contributed by atoms with van der Waals surface area (Å²) in [6.07, 6.45) is 6.09. The monoisotopic (exact) mass is 275 g/mol. The van der Waals surface area contributed by atoms with E-state index in [9.17, 15) is 0 Å². The first-order valence-electron chi connectivity index (χ1n) is 8.16. The predicted molar refractivity (Wildman–Crippen MR) is 85.0 cm³/mol. The van der Waals surface area contributed by atoms with Crippen LogP contribution in [0.25, 0.3) is 0 Å². The minimum atomic E-state index is -0.00227. The van der Waals surface area contributed by atoms with Crippen LogP contribution in [0.2, 0.25) is 0 Å². The Balaban J connectivity index is 2.30. The SMILES string of the molecule is CCCNC(c1cccc(C)c1)C1(OCC)CCCC1. The van der Waals surface area contributed by atoms with Crippen molar-refractivity contribution in [3.63, 3.8) is 0 Å². The molecule has 0 bridgehead atoms. The van der Waals surface area contributed by atoms with Crippen molar-refractivity contribution in [2.24, 2.45) is 0 Å². The molecule has 1 unspecified atom stereocenters. The van der Waals surface area contributed by atoms with E-state index in [1.165, 1.54) is 36.8 Å². The molecule has 0 aliphatic heterocycles. The molecule has 0 heterocycles. The lowest BCUT2D eigenvalue weighted by Crippen LogP contribution is -2.44. The van der Waals surface area contributed by atoms with Gasteiger partial charge in [0.2, 0.25) is 0 Å². The molecule has 1 aliphatic carbocycles. The molecule has 2 heteroatoms. The largest absolute Gasteiger partial charge is 0.373 e. The normalized spacial score (nSPS) is 19.1. The van der Waals surface area contributed by atoms with Crippen molar-refractivity contribution >= 4 is 0 Å². The lowest BCUT2D eigenvalue weighted by Gasteiger charge is -2.38. The van der Waals surface area contributed by atoms with Gasteiger partial charge >= 0.3 is 0 Å². The van der Waals surface area contributed by atoms with Crippen LogP contribution in [0.5, 0.6) is 0 Å². The van der Waals surface area contributed by atoms with Gasteiger partial charge in [0.05, 0.1) is 11.6 Å². The van der Waals surface area contributed by atoms with Crippen molar-refractivity contribution in [2.45, 2.75) is 64.5 Å². The summed E-state index contributed by atoms with van der Waals surface area (Å²) in [6, 6.07) is 9.22. The molecule has 1 atom stereocenters. The number of hydrogen-bond donors (Lipinski definition) is 1. The van der Waals surface area contributed by atoms with E-state index in [2.05, 4.69) is 50.4 Å². The summed E-state index contributed by atoms with van der Waals surface area (Å²) < 4.78 is 6.28. The number of nitrogens with one attached hydrogen (secondary N) is 1. The van der Waals surface area contributed by atoms with E-state index < -0.39 is 0 Å². The van der Waals surface area contributed by atoms with E-state index >= 15 is 0 Å². The molecule has 20 heavy (non-hydrogen) atoms. The fourth-order valence-corrected chi connectivity index (χ4v) is 3.52. The van der Waals surface area contributed by atoms with Crippen LogP contribution in [0.15, 0.2) is 24.3 Å². The van der Waals surface area contributed by atoms with Crippen molar-refractivity contribution < 1.29 is 4.74 Å². The molecule has 1 aliphatic rings. The lowest BCUT2D eigenvalue weighted by molar-refractivity contribution is -0.0626. The third-order valence-electron chi connectivity index (χ3n) is 4.38. The average Bonchev–Trinajstić information content (AvgIpc) is 2.89. The van der Waals surface area contributed by atoms with Crippen molar-refractivity contribution in [3.8, 4) is 0 Å². The highest BCUT2D eigenvalue weighted by Gasteiger charge is 2.42. The fourth-order valence-electron chi connectivity index (χ4n) is 3.52. The highest BCUT2D eigenvalue weighted by atomic mass is 16.5. The molecule has 112 valence electrons. The Labute approximate surface area is 123 Å². The molecular weight excluding hydrogens is 246 g/mol. The minimum absolute atomic E-state index is 0.00227. The molecule has 0 saturated heterocycles. The molecule has 0 radical (unpaired) electrons. The zero-order chi connectivity index (χ0) is 14.4. The summed E-state index contributed by atoms with van der Waals surface area (Å²) in [5.74, 6) is 0. The quantitative estimate of drug-likeness (QED) is 0.797. The second-order valence-corrected chi connectivity index (χ2v) is 6.01. The predicted octanol–water partition coefficient (Wildman–Crippen LogP) is 4.39. The first-order chi connectivity index (χ1) is 9.72. The highest BCUT2D eigenvalue weighted by Crippen LogP contribution is 2.43. The second-order valence-electron chi connectivity index (χ2n) is 6.01. The van der Waals surface area contributed by atoms with E-state index in [1.807, 2.05) is 0 Å². The summed E-state index contributed by atoms with van der Waals surface area (Å²) >= 11 is 0. The number of rotatable bonds is 7. The van der Waals surface area contributed by atoms with Crippen LogP contribution in [-0.4, -0.2) is 18.8 Å². The second kappa shape index (κ2) is 7.24. The molecule has 2 rings (SSSR count). The molecule has 1 saturated carbocycles. The lowest BCUT2D eigenvalue weighted by atomic mass is 9.86. The minimum Gasteiger partial charge on any atom is -0.373 e. The van der Waals surface area contributed by atoms with Crippen LogP contribution in [0, 0.1) is 6.92 Å². The zero-order valence-corrected chi connectivity index (χ0v) is 13.2. The molecular formula is C18H29NO. The van der Waals surface area contributed by atoms with Gasteiger partial charge in [0.15, 0.2) is 0 Å². The topological polar surface area (TPSA) is 21.3 Å². The third kappa shape index (κ3) is 3.42. The Kier molecular flexibility index (Phi) is 5.62. The maximum absolute atomic E-state index is 6.28. The maximum Gasteiger partial charge on any atom is 0.0876 e. The smallest absolute Gasteiger partial charge is 0.0876 e. The fraction of sp³-hybridized carbons (Fsp3) is 0.667. The molecule has 0 spiro atoms. The number of aryl methyl sites for hydroxylation is 1. The number of ether oxygens (including phenoxy) is 1. The Bertz CT molecular complexity index is 410. The molecule has 1 N–H and O–H groups in total. The number of hydrogen-bond acceptors (Lipinski definition) is 2. The van der Waals surface area contributed by atoms with Crippen LogP contribution in [-0.2, 0) is 4.74 Å². The van der Waals surface area contributed by atoms with Crippen LogP contribution in [0.4, 0.5) is 0 Å². The van der Waals surface area contributed by atoms with Crippen molar-refractivity contribution in [2.75, 3.05) is 13.2 Å². The highest BCUT2D eigenvalue weighted by molar-refractivity contribution is 5.28. The summed E-state index contributed by atoms with van der Waals surface area (Å²) in [4.78, 5) is 0. The van der Waals surface area contributed by atoms with Gasteiger partial charge in [0.1, 0.15) is 0 Å². The standard InChI is InChI=1S/C18H29NO/c1-4-13-19-17(16-10-8-9-15(3)14-16)18(20-5-2)11-6-7-12-18/h8-10,14,17,19H,4-7,11-13H2,1-3H3. The van der Waals surface area contributed by atoms with Gasteiger partial charge in [-0.15, -0.1) is 0 Å². The summed E-state index contributed by atoms with van der Waals surface area (Å²) in [7, 11) is 0. The molecule has 1 fully saturated rings. The van der Waals surface area contributed by atoms with Gasteiger partial charge in [-0.1, -0.05) is 49.6 Å². The van der Waals surface area contributed by atoms with Crippen molar-refractivity contribution in [1.29, 1.82) is 0 Å². The van der Waals surface area contributed by atoms with Crippen molar-refractivity contribution in [3.05, 3.63) is 35.4 Å². The zero-order valence-electron chi connectivity index (χ0n) is 13.2. The van der Waals surface area contributed by atoms with E-state index in [0.29, 0.717) is 6.04 Å². The Morgan fingerprint density at radius 3 is 2.60 bits per heavy atom. The van der Waals surface area contributed by atoms with Gasteiger partial charge in [0.25, 0.3) is 0 Å². The summed E-state index contributed by atoms with van der Waals surface area (Å²) in [6.45, 7) is 8.36. The van der Waals surface area contributed by atoms with E-state index in [0.717, 1.165) is 19.6 Å². The molecule has 0 amide bonds. The van der Waals surface area contributed by atoms with E-state index in [4.69, 9.17) is 4.74 Å². The van der Waals surface area contributed by atoms with Gasteiger partial charge < -0.3 is 10.1 Å². The Hall–Kier alpha value is -0.860. The van der Waals surface area contributed by atoms with Crippen molar-refractivity contribution in [1.82, 2.24) is 5.32 Å². The van der Waals surface area contributed by atoms with Gasteiger partial charge in [-0.3, -0.25) is 0 Å². The first kappa shape index (κ1) is 15.5. The van der Waals surface area contributed by atoms with Crippen LogP contribution < -0.4 is 5.32 Å². The Morgan fingerprint density at radius 2 is 2.00 bits per heavy atom. The van der Waals surface area contributed by atoms with Gasteiger partial charge in [-0.05, 0) is 45.2 Å². The molecule has 1 aromatic carbocycles. The van der Waals surface area contributed by atoms with Gasteiger partial charge in [-0.2, -0.15) is 0 Å². The van der Waals surface area contributed by atoms with Crippen LogP contribution >= 0.6 is 0 Å². The van der Waals surface area contributed by atoms with Gasteiger partial charge in [-0.25, -0.2) is 0 Å². The molecule has 2 nitrogen and oxygen atoms in total. The van der Waals surface area contributed by atoms with Crippen LogP contribution in [0.1, 0.15) is 63.1 Å². The van der Waals surface area contributed by atoms with E-state index in [1.54, 1.807) is 0 Å². The van der Waals surface area contributed by atoms with E-state index in [-0.39, 0.29) is 5.60 Å². The number of benzene rings is 1. The molecule has 0 aromatic heterocycles. The third-order valence-corrected chi connectivity index (χ3v) is 4.38. The van der Waals surface area contributed by atoms with Gasteiger partial charge in [0, 0.05) is 6.61 Å². The first-order valence-corrected chi connectivity index (χ1v) is 8.16. The maximum atomic E-state index is 6.28. The summed E-state index contributed by atoms with van der Waals surface area (Å²) in [5.41, 5.74) is 2.71. The molecule has 1 aromatic rings.